The molecule has 0 saturated heterocycles. The molecule has 0 radical (unpaired) electrons. The summed E-state index contributed by atoms with van der Waals surface area (Å²) < 4.78 is 0. The molecule has 0 heterocycles. The number of unbranched alkanes of at least 4 members (excludes halogenated alkanes) is 3. The van der Waals surface area contributed by atoms with Crippen molar-refractivity contribution >= 4 is 5.78 Å². The third-order valence-corrected chi connectivity index (χ3v) is 2.07. The lowest BCUT2D eigenvalue weighted by Crippen LogP contribution is -2.40. The first-order chi connectivity index (χ1) is 6.57. The largest absolute Gasteiger partial charge is 0.371 e. The highest BCUT2D eigenvalue weighted by atomic mass is 16.3. The molecule has 0 fully saturated rings. The standard InChI is InChI=1S/C11H23NO2/c1-4-5-6-7-8-10(13)11(14)12-9(2)3/h9,11-12,14H,4-8H2,1-3H3. The highest BCUT2D eigenvalue weighted by molar-refractivity contribution is 5.82. The molecule has 0 rings (SSSR count). The number of ketones is 1. The second-order valence-corrected chi connectivity index (χ2v) is 4.00. The summed E-state index contributed by atoms with van der Waals surface area (Å²) in [5.74, 6) is -0.0881. The second kappa shape index (κ2) is 7.94. The Hall–Kier alpha value is -0.410. The maximum Gasteiger partial charge on any atom is 0.176 e. The first kappa shape index (κ1) is 13.6. The van der Waals surface area contributed by atoms with Crippen LogP contribution in [0.1, 0.15) is 52.9 Å². The molecule has 0 aromatic heterocycles. The van der Waals surface area contributed by atoms with Crippen LogP contribution in [0.3, 0.4) is 0 Å². The predicted molar refractivity (Wildman–Crippen MR) is 58.0 cm³/mol. The molecule has 0 aliphatic heterocycles. The number of carbonyl (C=O) groups is 1. The zero-order valence-electron chi connectivity index (χ0n) is 9.55. The average Bonchev–Trinajstić information content (AvgIpc) is 2.11. The number of hydrogen-bond donors (Lipinski definition) is 2. The molecule has 1 atom stereocenters. The van der Waals surface area contributed by atoms with Crippen LogP contribution in [-0.4, -0.2) is 23.2 Å². The van der Waals surface area contributed by atoms with Gasteiger partial charge in [-0.05, 0) is 20.3 Å². The van der Waals surface area contributed by atoms with Crippen molar-refractivity contribution in [2.45, 2.75) is 65.1 Å². The molecule has 3 nitrogen and oxygen atoms in total. The first-order valence-corrected chi connectivity index (χ1v) is 5.54. The van der Waals surface area contributed by atoms with Crippen molar-refractivity contribution in [1.82, 2.24) is 5.32 Å². The van der Waals surface area contributed by atoms with Gasteiger partial charge < -0.3 is 5.11 Å². The Balaban J connectivity index is 3.52. The summed E-state index contributed by atoms with van der Waals surface area (Å²) in [6, 6.07) is 0.143. The lowest BCUT2D eigenvalue weighted by Gasteiger charge is -2.14. The van der Waals surface area contributed by atoms with E-state index >= 15 is 0 Å². The van der Waals surface area contributed by atoms with Gasteiger partial charge in [0.25, 0.3) is 0 Å². The van der Waals surface area contributed by atoms with Gasteiger partial charge in [-0.3, -0.25) is 10.1 Å². The van der Waals surface area contributed by atoms with Gasteiger partial charge in [-0.25, -0.2) is 0 Å². The molecule has 14 heavy (non-hydrogen) atoms. The lowest BCUT2D eigenvalue weighted by atomic mass is 10.1. The van der Waals surface area contributed by atoms with Crippen LogP contribution in [0.5, 0.6) is 0 Å². The molecular formula is C11H23NO2. The Kier molecular flexibility index (Phi) is 7.71. The Bertz CT molecular complexity index is 157. The van der Waals surface area contributed by atoms with Crippen LogP contribution < -0.4 is 5.32 Å². The number of carbonyl (C=O) groups excluding carboxylic acids is 1. The van der Waals surface area contributed by atoms with Gasteiger partial charge in [0, 0.05) is 12.5 Å². The van der Waals surface area contributed by atoms with Crippen molar-refractivity contribution in [2.24, 2.45) is 0 Å². The van der Waals surface area contributed by atoms with Gasteiger partial charge in [0.15, 0.2) is 12.0 Å². The number of nitrogens with one attached hydrogen (secondary N) is 1. The molecule has 84 valence electrons. The molecule has 0 spiro atoms. The topological polar surface area (TPSA) is 49.3 Å². The van der Waals surface area contributed by atoms with Crippen LogP contribution in [0.15, 0.2) is 0 Å². The quantitative estimate of drug-likeness (QED) is 0.465. The minimum atomic E-state index is -0.975. The maximum absolute atomic E-state index is 11.3. The molecule has 0 aliphatic carbocycles. The fraction of sp³-hybridized carbons (Fsp3) is 0.909. The van der Waals surface area contributed by atoms with Crippen LogP contribution in [0.25, 0.3) is 0 Å². The van der Waals surface area contributed by atoms with Crippen molar-refractivity contribution in [3.05, 3.63) is 0 Å². The van der Waals surface area contributed by atoms with E-state index in [4.69, 9.17) is 0 Å². The highest BCUT2D eigenvalue weighted by Gasteiger charge is 2.14. The van der Waals surface area contributed by atoms with E-state index < -0.39 is 6.23 Å². The van der Waals surface area contributed by atoms with Gasteiger partial charge in [0.1, 0.15) is 0 Å². The van der Waals surface area contributed by atoms with Gasteiger partial charge in [-0.15, -0.1) is 0 Å². The fourth-order valence-electron chi connectivity index (χ4n) is 1.27. The Labute approximate surface area is 86.9 Å². The Morgan fingerprint density at radius 3 is 2.43 bits per heavy atom. The van der Waals surface area contributed by atoms with E-state index in [2.05, 4.69) is 12.2 Å². The average molecular weight is 201 g/mol. The van der Waals surface area contributed by atoms with E-state index in [9.17, 15) is 9.90 Å². The molecule has 2 N–H and O–H groups in total. The molecule has 0 aromatic rings. The van der Waals surface area contributed by atoms with Crippen molar-refractivity contribution in [2.75, 3.05) is 0 Å². The van der Waals surface area contributed by atoms with Crippen LogP contribution in [-0.2, 0) is 4.79 Å². The minimum absolute atomic E-state index is 0.0881. The number of hydrogen-bond acceptors (Lipinski definition) is 3. The van der Waals surface area contributed by atoms with Crippen molar-refractivity contribution in [3.8, 4) is 0 Å². The lowest BCUT2D eigenvalue weighted by molar-refractivity contribution is -0.129. The van der Waals surface area contributed by atoms with E-state index in [0.717, 1.165) is 12.8 Å². The van der Waals surface area contributed by atoms with E-state index in [1.165, 1.54) is 12.8 Å². The van der Waals surface area contributed by atoms with Crippen molar-refractivity contribution in [1.29, 1.82) is 0 Å². The van der Waals surface area contributed by atoms with Crippen LogP contribution in [0.2, 0.25) is 0 Å². The van der Waals surface area contributed by atoms with Crippen LogP contribution in [0, 0.1) is 0 Å². The smallest absolute Gasteiger partial charge is 0.176 e. The molecule has 0 bridgehead atoms. The zero-order chi connectivity index (χ0) is 11.0. The van der Waals surface area contributed by atoms with Gasteiger partial charge in [-0.2, -0.15) is 0 Å². The SMILES string of the molecule is CCCCCCC(=O)C(O)NC(C)C. The van der Waals surface area contributed by atoms with E-state index in [1.807, 2.05) is 13.8 Å². The maximum atomic E-state index is 11.3. The monoisotopic (exact) mass is 201 g/mol. The fourth-order valence-corrected chi connectivity index (χ4v) is 1.27. The van der Waals surface area contributed by atoms with Gasteiger partial charge in [0.05, 0.1) is 0 Å². The van der Waals surface area contributed by atoms with Gasteiger partial charge in [-0.1, -0.05) is 26.2 Å². The minimum Gasteiger partial charge on any atom is -0.371 e. The third-order valence-electron chi connectivity index (χ3n) is 2.07. The van der Waals surface area contributed by atoms with Crippen LogP contribution >= 0.6 is 0 Å². The van der Waals surface area contributed by atoms with Crippen molar-refractivity contribution in [3.63, 3.8) is 0 Å². The zero-order valence-corrected chi connectivity index (χ0v) is 9.55. The Morgan fingerprint density at radius 2 is 1.93 bits per heavy atom. The summed E-state index contributed by atoms with van der Waals surface area (Å²) in [6.07, 6.45) is 3.82. The summed E-state index contributed by atoms with van der Waals surface area (Å²) in [5, 5.41) is 12.2. The predicted octanol–water partition coefficient (Wildman–Crippen LogP) is 1.84. The summed E-state index contributed by atoms with van der Waals surface area (Å²) in [6.45, 7) is 5.96. The summed E-state index contributed by atoms with van der Waals surface area (Å²) >= 11 is 0. The number of aliphatic hydroxyl groups excluding tert-OH is 1. The van der Waals surface area contributed by atoms with E-state index in [0.29, 0.717) is 6.42 Å². The summed E-state index contributed by atoms with van der Waals surface area (Å²) in [5.41, 5.74) is 0. The highest BCUT2D eigenvalue weighted by Crippen LogP contribution is 2.04. The first-order valence-electron chi connectivity index (χ1n) is 5.54. The third kappa shape index (κ3) is 7.04. The van der Waals surface area contributed by atoms with Gasteiger partial charge in [0.2, 0.25) is 0 Å². The molecule has 0 amide bonds. The number of Topliss-reactive ketones (excluding diaryl/α,β-unsaturated/α-hetero) is 1. The molecule has 0 aliphatic rings. The number of aliphatic hydroxyl groups is 1. The molecule has 3 heteroatoms. The van der Waals surface area contributed by atoms with Crippen LogP contribution in [0.4, 0.5) is 0 Å². The van der Waals surface area contributed by atoms with Crippen molar-refractivity contribution < 1.29 is 9.90 Å². The normalized spacial score (nSPS) is 13.2. The Morgan fingerprint density at radius 1 is 1.29 bits per heavy atom. The van der Waals surface area contributed by atoms with E-state index in [1.54, 1.807) is 0 Å². The summed E-state index contributed by atoms with van der Waals surface area (Å²) in [4.78, 5) is 11.3. The molecular weight excluding hydrogens is 178 g/mol. The summed E-state index contributed by atoms with van der Waals surface area (Å²) in [7, 11) is 0. The molecule has 1 unspecified atom stereocenters. The van der Waals surface area contributed by atoms with Gasteiger partial charge >= 0.3 is 0 Å². The van der Waals surface area contributed by atoms with E-state index in [-0.39, 0.29) is 11.8 Å². The second-order valence-electron chi connectivity index (χ2n) is 4.00. The number of rotatable bonds is 8. The molecule has 0 aromatic carbocycles. The molecule has 0 saturated carbocycles.